The topological polar surface area (TPSA) is 74.7 Å². The van der Waals surface area contributed by atoms with Gasteiger partial charge < -0.3 is 5.11 Å². The summed E-state index contributed by atoms with van der Waals surface area (Å²) < 4.78 is 0. The number of carbonyl (C=O) groups is 3. The lowest BCUT2D eigenvalue weighted by Crippen LogP contribution is -2.43. The molecule has 0 bridgehead atoms. The second-order valence-corrected chi connectivity index (χ2v) is 5.72. The lowest BCUT2D eigenvalue weighted by atomic mass is 10.3. The molecule has 0 unspecified atom stereocenters. The third-order valence-corrected chi connectivity index (χ3v) is 4.16. The van der Waals surface area contributed by atoms with Gasteiger partial charge in [0, 0.05) is 4.88 Å². The number of amides is 2. The van der Waals surface area contributed by atoms with E-state index in [0.29, 0.717) is 0 Å². The van der Waals surface area contributed by atoms with Gasteiger partial charge in [-0.1, -0.05) is 0 Å². The largest absolute Gasteiger partial charge is 0.478 e. The summed E-state index contributed by atoms with van der Waals surface area (Å²) in [5, 5.41) is 9.26. The number of anilines is 1. The Morgan fingerprint density at radius 2 is 1.94 bits per heavy atom. The molecule has 1 aromatic heterocycles. The highest BCUT2D eigenvalue weighted by atomic mass is 32.2. The van der Waals surface area contributed by atoms with Crippen molar-refractivity contribution in [1.82, 2.24) is 0 Å². The van der Waals surface area contributed by atoms with Gasteiger partial charge >= 0.3 is 5.97 Å². The number of aromatic carboxylic acids is 1. The van der Waals surface area contributed by atoms with Gasteiger partial charge in [0.25, 0.3) is 0 Å². The molecular weight excluding hydrogens is 262 g/mol. The van der Waals surface area contributed by atoms with Crippen molar-refractivity contribution in [1.29, 1.82) is 0 Å². The van der Waals surface area contributed by atoms with Crippen molar-refractivity contribution in [3.8, 4) is 0 Å². The molecule has 17 heavy (non-hydrogen) atoms. The van der Waals surface area contributed by atoms with Crippen LogP contribution in [0.3, 0.4) is 0 Å². The molecule has 0 radical (unpaired) electrons. The molecule has 0 aromatic carbocycles. The fourth-order valence-electron chi connectivity index (χ4n) is 1.54. The maximum absolute atomic E-state index is 11.7. The van der Waals surface area contributed by atoms with Crippen LogP contribution >= 0.6 is 23.1 Å². The number of hydrogen-bond donors (Lipinski definition) is 1. The third-order valence-electron chi connectivity index (χ3n) is 2.22. The molecule has 5 nitrogen and oxygen atoms in total. The summed E-state index contributed by atoms with van der Waals surface area (Å²) in [6.45, 7) is 1.74. The van der Waals surface area contributed by atoms with E-state index in [-0.39, 0.29) is 33.9 Å². The predicted octanol–water partition coefficient (Wildman–Crippen LogP) is 1.36. The Labute approximate surface area is 105 Å². The van der Waals surface area contributed by atoms with Gasteiger partial charge in [0.2, 0.25) is 11.8 Å². The van der Waals surface area contributed by atoms with E-state index < -0.39 is 5.97 Å². The molecule has 1 fully saturated rings. The van der Waals surface area contributed by atoms with Crippen molar-refractivity contribution in [2.24, 2.45) is 0 Å². The molecule has 90 valence electrons. The van der Waals surface area contributed by atoms with Crippen LogP contribution in [0.5, 0.6) is 0 Å². The maximum Gasteiger partial charge on any atom is 0.338 e. The molecule has 1 aliphatic heterocycles. The fraction of sp³-hybridized carbons (Fsp3) is 0.300. The number of aryl methyl sites for hydroxylation is 1. The number of rotatable bonds is 2. The minimum absolute atomic E-state index is 0.0149. The van der Waals surface area contributed by atoms with Gasteiger partial charge in [0.1, 0.15) is 5.00 Å². The first-order chi connectivity index (χ1) is 8.00. The number of nitrogens with zero attached hydrogens (tertiary/aromatic N) is 1. The van der Waals surface area contributed by atoms with Crippen molar-refractivity contribution in [3.63, 3.8) is 0 Å². The molecular formula is C10H9NO4S2. The SMILES string of the molecule is Cc1cc(C(=O)O)c(N2C(=O)CSCC2=O)s1. The van der Waals surface area contributed by atoms with Crippen LogP contribution < -0.4 is 4.90 Å². The molecule has 2 amide bonds. The standard InChI is InChI=1S/C10H9NO4S2/c1-5-2-6(10(14)15)9(17-5)11-7(12)3-16-4-8(11)13/h2H,3-4H2,1H3,(H,14,15). The molecule has 0 saturated carbocycles. The Balaban J connectivity index is 2.48. The Morgan fingerprint density at radius 3 is 2.47 bits per heavy atom. The molecule has 0 aliphatic carbocycles. The van der Waals surface area contributed by atoms with Crippen LogP contribution in [0.1, 0.15) is 15.2 Å². The average molecular weight is 271 g/mol. The van der Waals surface area contributed by atoms with E-state index in [2.05, 4.69) is 0 Å². The van der Waals surface area contributed by atoms with Crippen LogP contribution in [0.4, 0.5) is 5.00 Å². The minimum Gasteiger partial charge on any atom is -0.478 e. The monoisotopic (exact) mass is 271 g/mol. The summed E-state index contributed by atoms with van der Waals surface area (Å²) in [4.78, 5) is 36.2. The first kappa shape index (κ1) is 12.1. The highest BCUT2D eigenvalue weighted by Gasteiger charge is 2.32. The van der Waals surface area contributed by atoms with Crippen molar-refractivity contribution < 1.29 is 19.5 Å². The predicted molar refractivity (Wildman–Crippen MR) is 65.8 cm³/mol. The van der Waals surface area contributed by atoms with Gasteiger partial charge in [-0.2, -0.15) is 0 Å². The summed E-state index contributed by atoms with van der Waals surface area (Å²) in [5.74, 6) is -1.40. The molecule has 1 aliphatic rings. The first-order valence-corrected chi connectivity index (χ1v) is 6.75. The Morgan fingerprint density at radius 1 is 1.35 bits per heavy atom. The normalized spacial score (nSPS) is 16.4. The van der Waals surface area contributed by atoms with Crippen LogP contribution in [0.15, 0.2) is 6.07 Å². The second kappa shape index (κ2) is 4.50. The Kier molecular flexibility index (Phi) is 3.21. The maximum atomic E-state index is 11.7. The van der Waals surface area contributed by atoms with Crippen LogP contribution in [0, 0.1) is 6.92 Å². The lowest BCUT2D eigenvalue weighted by Gasteiger charge is -2.23. The third kappa shape index (κ3) is 2.20. The fourth-order valence-corrected chi connectivity index (χ4v) is 3.28. The van der Waals surface area contributed by atoms with Gasteiger partial charge in [0.05, 0.1) is 17.1 Å². The lowest BCUT2D eigenvalue weighted by molar-refractivity contribution is -0.124. The number of hydrogen-bond acceptors (Lipinski definition) is 5. The van der Waals surface area contributed by atoms with E-state index >= 15 is 0 Å². The van der Waals surface area contributed by atoms with E-state index in [1.54, 1.807) is 6.92 Å². The molecule has 2 rings (SSSR count). The van der Waals surface area contributed by atoms with E-state index in [4.69, 9.17) is 5.11 Å². The zero-order valence-electron chi connectivity index (χ0n) is 8.93. The van der Waals surface area contributed by atoms with Gasteiger partial charge in [-0.25, -0.2) is 9.69 Å². The Bertz CT molecular complexity index is 492. The quantitative estimate of drug-likeness (QED) is 0.822. The summed E-state index contributed by atoms with van der Waals surface area (Å²) in [7, 11) is 0. The van der Waals surface area contributed by atoms with Crippen molar-refractivity contribution >= 4 is 45.9 Å². The highest BCUT2D eigenvalue weighted by molar-refractivity contribution is 8.00. The van der Waals surface area contributed by atoms with Crippen molar-refractivity contribution in [2.75, 3.05) is 16.4 Å². The summed E-state index contributed by atoms with van der Waals surface area (Å²) in [6, 6.07) is 1.48. The Hall–Kier alpha value is -1.34. The molecule has 0 spiro atoms. The first-order valence-electron chi connectivity index (χ1n) is 4.78. The zero-order chi connectivity index (χ0) is 12.6. The average Bonchev–Trinajstić information content (AvgIpc) is 2.60. The highest BCUT2D eigenvalue weighted by Crippen LogP contribution is 2.33. The van der Waals surface area contributed by atoms with Crippen LogP contribution in [0.25, 0.3) is 0 Å². The van der Waals surface area contributed by atoms with Crippen LogP contribution in [-0.2, 0) is 9.59 Å². The summed E-state index contributed by atoms with van der Waals surface area (Å²) >= 11 is 2.40. The number of thiophene rings is 1. The summed E-state index contributed by atoms with van der Waals surface area (Å²) in [5.41, 5.74) is 0.0149. The zero-order valence-corrected chi connectivity index (χ0v) is 10.6. The number of imide groups is 1. The summed E-state index contributed by atoms with van der Waals surface area (Å²) in [6.07, 6.45) is 0. The molecule has 1 saturated heterocycles. The molecule has 1 aromatic rings. The van der Waals surface area contributed by atoms with Crippen molar-refractivity contribution in [3.05, 3.63) is 16.5 Å². The molecule has 0 atom stereocenters. The van der Waals surface area contributed by atoms with E-state index in [9.17, 15) is 14.4 Å². The van der Waals surface area contributed by atoms with Gasteiger partial charge in [-0.15, -0.1) is 23.1 Å². The van der Waals surface area contributed by atoms with Gasteiger partial charge in [-0.3, -0.25) is 9.59 Å². The van der Waals surface area contributed by atoms with E-state index in [0.717, 1.165) is 21.1 Å². The number of carboxylic acids is 1. The minimum atomic E-state index is -1.12. The smallest absolute Gasteiger partial charge is 0.338 e. The van der Waals surface area contributed by atoms with Gasteiger partial charge in [-0.05, 0) is 13.0 Å². The van der Waals surface area contributed by atoms with Crippen LogP contribution in [0.2, 0.25) is 0 Å². The molecule has 1 N–H and O–H groups in total. The number of carboxylic acid groups (broad SMARTS) is 1. The van der Waals surface area contributed by atoms with Crippen LogP contribution in [-0.4, -0.2) is 34.4 Å². The number of carbonyl (C=O) groups excluding carboxylic acids is 2. The molecule has 2 heterocycles. The second-order valence-electron chi connectivity index (χ2n) is 3.50. The number of thioether (sulfide) groups is 1. The van der Waals surface area contributed by atoms with Crippen molar-refractivity contribution in [2.45, 2.75) is 6.92 Å². The van der Waals surface area contributed by atoms with E-state index in [1.165, 1.54) is 17.8 Å². The molecule has 7 heteroatoms. The van der Waals surface area contributed by atoms with Gasteiger partial charge in [0.15, 0.2) is 0 Å². The van der Waals surface area contributed by atoms with E-state index in [1.807, 2.05) is 0 Å².